The van der Waals surface area contributed by atoms with Crippen LogP contribution in [0.3, 0.4) is 0 Å². The molecule has 3 aromatic heterocycles. The molecule has 10 heteroatoms. The number of benzene rings is 2. The van der Waals surface area contributed by atoms with Gasteiger partial charge >= 0.3 is 0 Å². The Hall–Kier alpha value is -4.73. The summed E-state index contributed by atoms with van der Waals surface area (Å²) in [5, 5.41) is 14.1. The van der Waals surface area contributed by atoms with E-state index in [1.54, 1.807) is 12.3 Å². The van der Waals surface area contributed by atoms with Crippen LogP contribution in [0.1, 0.15) is 5.82 Å². The highest BCUT2D eigenvalue weighted by molar-refractivity contribution is 5.96. The molecule has 3 heterocycles. The fraction of sp³-hybridized carbons (Fsp3) is 0.0417. The number of H-pyrrole nitrogens is 1. The standard InChI is InChI=1S/C18H16N8.C6H4F2/c1-11-24-17-14(18-22-10-23-25-18)7-13(12-3-5-21-16(20)9-12)8-15(17)26(11)6-2-4-19;7-5-1-2-6(8)4-3-5/h2-10,19H,1H3,(H2,20,21)(H,22,23,25);1-4H/b6-2+,19-4?;. The predicted octanol–water partition coefficient (Wildman–Crippen LogP) is 4.86. The number of nitrogens with zero attached hydrogens (tertiary/aromatic N) is 5. The number of anilines is 1. The highest BCUT2D eigenvalue weighted by Gasteiger charge is 2.16. The van der Waals surface area contributed by atoms with Crippen molar-refractivity contribution in [1.29, 1.82) is 5.41 Å². The van der Waals surface area contributed by atoms with E-state index in [9.17, 15) is 8.78 Å². The normalized spacial score (nSPS) is 10.9. The molecular weight excluding hydrogens is 438 g/mol. The molecule has 0 radical (unpaired) electrons. The first-order valence-corrected chi connectivity index (χ1v) is 10.1. The molecule has 0 atom stereocenters. The Bertz CT molecular complexity index is 1430. The van der Waals surface area contributed by atoms with Crippen LogP contribution in [0.4, 0.5) is 14.6 Å². The highest BCUT2D eigenvalue weighted by atomic mass is 19.1. The summed E-state index contributed by atoms with van der Waals surface area (Å²) in [5.74, 6) is 1.08. The molecule has 2 aromatic carbocycles. The number of rotatable bonds is 4. The van der Waals surface area contributed by atoms with E-state index in [2.05, 4.69) is 25.1 Å². The van der Waals surface area contributed by atoms with Crippen LogP contribution in [0.2, 0.25) is 0 Å². The molecule has 4 N–H and O–H groups in total. The van der Waals surface area contributed by atoms with Crippen LogP contribution in [0.15, 0.2) is 67.1 Å². The second-order valence-electron chi connectivity index (χ2n) is 7.17. The van der Waals surface area contributed by atoms with Crippen LogP contribution < -0.4 is 5.73 Å². The lowest BCUT2D eigenvalue weighted by Crippen LogP contribution is -1.93. The van der Waals surface area contributed by atoms with Gasteiger partial charge < -0.3 is 15.7 Å². The second-order valence-corrected chi connectivity index (χ2v) is 7.17. The lowest BCUT2D eigenvalue weighted by molar-refractivity contribution is 0.600. The molecule has 34 heavy (non-hydrogen) atoms. The van der Waals surface area contributed by atoms with Crippen LogP contribution in [0, 0.1) is 24.0 Å². The van der Waals surface area contributed by atoms with Gasteiger partial charge in [-0.15, -0.1) is 0 Å². The zero-order valence-electron chi connectivity index (χ0n) is 18.1. The number of aromatic nitrogens is 6. The minimum absolute atomic E-state index is 0.411. The van der Waals surface area contributed by atoms with Gasteiger partial charge in [0, 0.05) is 24.2 Å². The molecule has 0 saturated carbocycles. The summed E-state index contributed by atoms with van der Waals surface area (Å²) in [7, 11) is 0. The molecule has 0 amide bonds. The molecule has 0 bridgehead atoms. The zero-order valence-corrected chi connectivity index (χ0v) is 18.1. The van der Waals surface area contributed by atoms with Crippen molar-refractivity contribution in [3.05, 3.63) is 84.6 Å². The number of nitrogens with one attached hydrogen (secondary N) is 2. The van der Waals surface area contributed by atoms with E-state index < -0.39 is 11.6 Å². The quantitative estimate of drug-likeness (QED) is 0.332. The Labute approximate surface area is 193 Å². The monoisotopic (exact) mass is 458 g/mol. The zero-order chi connectivity index (χ0) is 24.1. The summed E-state index contributed by atoms with van der Waals surface area (Å²) < 4.78 is 25.8. The fourth-order valence-corrected chi connectivity index (χ4v) is 3.37. The molecule has 0 aliphatic carbocycles. The second kappa shape index (κ2) is 9.82. The van der Waals surface area contributed by atoms with Crippen molar-refractivity contribution in [2.75, 3.05) is 5.73 Å². The van der Waals surface area contributed by atoms with Crippen molar-refractivity contribution in [3.8, 4) is 22.5 Å². The van der Waals surface area contributed by atoms with E-state index in [0.29, 0.717) is 11.6 Å². The smallest absolute Gasteiger partial charge is 0.157 e. The third-order valence-electron chi connectivity index (χ3n) is 4.89. The minimum Gasteiger partial charge on any atom is -0.384 e. The van der Waals surface area contributed by atoms with Crippen LogP contribution in [-0.2, 0) is 0 Å². The van der Waals surface area contributed by atoms with Crippen molar-refractivity contribution < 1.29 is 8.78 Å². The highest BCUT2D eigenvalue weighted by Crippen LogP contribution is 2.33. The number of hydrogen-bond donors (Lipinski definition) is 3. The Kier molecular flexibility index (Phi) is 6.49. The summed E-state index contributed by atoms with van der Waals surface area (Å²) in [6.45, 7) is 1.92. The summed E-state index contributed by atoms with van der Waals surface area (Å²) in [5.41, 5.74) is 10.3. The Balaban J connectivity index is 0.000000291. The van der Waals surface area contributed by atoms with E-state index in [4.69, 9.17) is 11.1 Å². The number of aromatic amines is 1. The number of nitrogens with two attached hydrogens (primary N) is 1. The maximum atomic E-state index is 11.9. The van der Waals surface area contributed by atoms with Crippen LogP contribution in [0.25, 0.3) is 39.7 Å². The van der Waals surface area contributed by atoms with E-state index >= 15 is 0 Å². The lowest BCUT2D eigenvalue weighted by atomic mass is 10.0. The largest absolute Gasteiger partial charge is 0.384 e. The number of nitrogen functional groups attached to an aromatic ring is 1. The van der Waals surface area contributed by atoms with E-state index in [-0.39, 0.29) is 0 Å². The van der Waals surface area contributed by atoms with Crippen molar-refractivity contribution in [1.82, 2.24) is 29.7 Å². The van der Waals surface area contributed by atoms with Gasteiger partial charge in [0.05, 0.1) is 5.52 Å². The molecule has 8 nitrogen and oxygen atoms in total. The number of halogens is 2. The molecular formula is C24H20F2N8. The third kappa shape index (κ3) is 4.85. The van der Waals surface area contributed by atoms with Crippen molar-refractivity contribution in [2.45, 2.75) is 6.92 Å². The van der Waals surface area contributed by atoms with Gasteiger partial charge in [0.25, 0.3) is 0 Å². The average molecular weight is 458 g/mol. The summed E-state index contributed by atoms with van der Waals surface area (Å²) in [6, 6.07) is 12.1. The van der Waals surface area contributed by atoms with Gasteiger partial charge in [0.15, 0.2) is 5.82 Å². The van der Waals surface area contributed by atoms with E-state index in [0.717, 1.165) is 57.8 Å². The average Bonchev–Trinajstić information content (AvgIpc) is 3.47. The van der Waals surface area contributed by atoms with Gasteiger partial charge in [-0.2, -0.15) is 5.10 Å². The molecule has 5 aromatic rings. The first-order valence-electron chi connectivity index (χ1n) is 10.1. The summed E-state index contributed by atoms with van der Waals surface area (Å²) >= 11 is 0. The number of allylic oxidation sites excluding steroid dienone is 1. The number of aryl methyl sites for hydroxylation is 1. The van der Waals surface area contributed by atoms with Crippen molar-refractivity contribution >= 4 is 29.3 Å². The molecule has 0 saturated heterocycles. The van der Waals surface area contributed by atoms with Gasteiger partial charge in [-0.25, -0.2) is 23.7 Å². The van der Waals surface area contributed by atoms with Crippen molar-refractivity contribution in [3.63, 3.8) is 0 Å². The topological polar surface area (TPSA) is 122 Å². The fourth-order valence-electron chi connectivity index (χ4n) is 3.37. The van der Waals surface area contributed by atoms with Crippen LogP contribution >= 0.6 is 0 Å². The Morgan fingerprint density at radius 3 is 2.35 bits per heavy atom. The van der Waals surface area contributed by atoms with Gasteiger partial charge in [-0.05, 0) is 72.7 Å². The Morgan fingerprint density at radius 1 is 1.00 bits per heavy atom. The van der Waals surface area contributed by atoms with Gasteiger partial charge in [0.1, 0.15) is 35.1 Å². The summed E-state index contributed by atoms with van der Waals surface area (Å²) in [4.78, 5) is 13.0. The molecule has 5 rings (SSSR count). The first kappa shape index (κ1) is 22.5. The summed E-state index contributed by atoms with van der Waals surface area (Å²) in [6.07, 6.45) is 7.85. The van der Waals surface area contributed by atoms with E-state index in [1.165, 1.54) is 12.5 Å². The first-order chi connectivity index (χ1) is 16.5. The number of pyridine rings is 1. The third-order valence-corrected chi connectivity index (χ3v) is 4.89. The van der Waals surface area contributed by atoms with Gasteiger partial charge in [-0.1, -0.05) is 0 Å². The molecule has 0 spiro atoms. The lowest BCUT2D eigenvalue weighted by Gasteiger charge is -2.07. The maximum Gasteiger partial charge on any atom is 0.157 e. The molecule has 0 aliphatic rings. The molecule has 0 unspecified atom stereocenters. The molecule has 0 fully saturated rings. The number of fused-ring (bicyclic) bond motifs is 1. The molecule has 0 aliphatic heterocycles. The van der Waals surface area contributed by atoms with E-state index in [1.807, 2.05) is 42.0 Å². The van der Waals surface area contributed by atoms with Gasteiger partial charge in [-0.3, -0.25) is 5.10 Å². The minimum atomic E-state index is -0.411. The SMILES string of the molecule is Cc1nc2c(-c3ncn[nH]3)cc(-c3ccnc(N)c3)cc2n1/C=C/C=N.Fc1ccc(F)cc1. The molecule has 170 valence electrons. The van der Waals surface area contributed by atoms with Crippen LogP contribution in [-0.4, -0.2) is 35.9 Å². The van der Waals surface area contributed by atoms with Gasteiger partial charge in [0.2, 0.25) is 0 Å². The predicted molar refractivity (Wildman–Crippen MR) is 128 cm³/mol. The number of imidazole rings is 1. The van der Waals surface area contributed by atoms with Crippen molar-refractivity contribution in [2.24, 2.45) is 0 Å². The number of hydrogen-bond acceptors (Lipinski definition) is 6. The maximum absolute atomic E-state index is 11.9. The van der Waals surface area contributed by atoms with Crippen LogP contribution in [0.5, 0.6) is 0 Å². The Morgan fingerprint density at radius 2 is 1.74 bits per heavy atom.